The smallest absolute Gasteiger partial charge is 0.224 e. The molecule has 0 aliphatic carbocycles. The van der Waals surface area contributed by atoms with E-state index in [4.69, 9.17) is 5.11 Å². The van der Waals surface area contributed by atoms with Crippen LogP contribution in [0.3, 0.4) is 0 Å². The van der Waals surface area contributed by atoms with Crippen molar-refractivity contribution in [1.82, 2.24) is 4.90 Å². The zero-order valence-corrected chi connectivity index (χ0v) is 10.4. The number of hydrogen-bond donors (Lipinski definition) is 2. The maximum atomic E-state index is 11.6. The van der Waals surface area contributed by atoms with Crippen molar-refractivity contribution in [2.75, 3.05) is 13.6 Å². The second kappa shape index (κ2) is 5.68. The molecule has 1 unspecified atom stereocenters. The first-order valence-corrected chi connectivity index (χ1v) is 5.63. The number of aromatic hydroxyl groups is 1. The van der Waals surface area contributed by atoms with Crippen molar-refractivity contribution in [2.24, 2.45) is 5.92 Å². The van der Waals surface area contributed by atoms with Crippen LogP contribution in [0, 0.1) is 5.92 Å². The SMILES string of the molecule is CC(C)C(=O)N(C)CC(O)c1ccc(O)cc1. The van der Waals surface area contributed by atoms with Crippen molar-refractivity contribution in [3.63, 3.8) is 0 Å². The van der Waals surface area contributed by atoms with Gasteiger partial charge in [0.1, 0.15) is 5.75 Å². The number of rotatable bonds is 4. The molecule has 0 aromatic heterocycles. The number of benzene rings is 1. The molecule has 0 saturated carbocycles. The van der Waals surface area contributed by atoms with Crippen molar-refractivity contribution in [3.8, 4) is 5.75 Å². The van der Waals surface area contributed by atoms with Crippen LogP contribution in [-0.4, -0.2) is 34.6 Å². The molecule has 0 radical (unpaired) electrons. The minimum atomic E-state index is -0.733. The zero-order chi connectivity index (χ0) is 13.0. The summed E-state index contributed by atoms with van der Waals surface area (Å²) >= 11 is 0. The lowest BCUT2D eigenvalue weighted by molar-refractivity contribution is -0.134. The summed E-state index contributed by atoms with van der Waals surface area (Å²) in [6.45, 7) is 3.90. The van der Waals surface area contributed by atoms with Gasteiger partial charge in [0.2, 0.25) is 5.91 Å². The Kier molecular flexibility index (Phi) is 4.52. The predicted octanol–water partition coefficient (Wildman–Crippen LogP) is 1.54. The number of nitrogens with zero attached hydrogens (tertiary/aromatic N) is 1. The molecular weight excluding hydrogens is 218 g/mol. The molecule has 0 aliphatic rings. The molecule has 17 heavy (non-hydrogen) atoms. The lowest BCUT2D eigenvalue weighted by Crippen LogP contribution is -2.34. The van der Waals surface area contributed by atoms with Crippen molar-refractivity contribution in [3.05, 3.63) is 29.8 Å². The van der Waals surface area contributed by atoms with Gasteiger partial charge in [-0.05, 0) is 17.7 Å². The molecule has 0 heterocycles. The third-order valence-electron chi connectivity index (χ3n) is 2.59. The Morgan fingerprint density at radius 1 is 1.29 bits per heavy atom. The normalized spacial score (nSPS) is 12.5. The summed E-state index contributed by atoms with van der Waals surface area (Å²) in [5.41, 5.74) is 0.686. The minimum absolute atomic E-state index is 0.00262. The fourth-order valence-electron chi connectivity index (χ4n) is 1.59. The summed E-state index contributed by atoms with van der Waals surface area (Å²) < 4.78 is 0. The Morgan fingerprint density at radius 3 is 2.29 bits per heavy atom. The van der Waals surface area contributed by atoms with Crippen molar-refractivity contribution in [1.29, 1.82) is 0 Å². The van der Waals surface area contributed by atoms with E-state index in [9.17, 15) is 9.90 Å². The lowest BCUT2D eigenvalue weighted by atomic mass is 10.1. The maximum absolute atomic E-state index is 11.6. The quantitative estimate of drug-likeness (QED) is 0.835. The second-order valence-electron chi connectivity index (χ2n) is 4.48. The Morgan fingerprint density at radius 2 is 1.82 bits per heavy atom. The van der Waals surface area contributed by atoms with E-state index in [0.717, 1.165) is 0 Å². The average Bonchev–Trinajstić information content (AvgIpc) is 2.28. The van der Waals surface area contributed by atoms with Crippen LogP contribution in [0.2, 0.25) is 0 Å². The molecule has 4 nitrogen and oxygen atoms in total. The van der Waals surface area contributed by atoms with E-state index in [2.05, 4.69) is 0 Å². The average molecular weight is 237 g/mol. The zero-order valence-electron chi connectivity index (χ0n) is 10.4. The highest BCUT2D eigenvalue weighted by atomic mass is 16.3. The van der Waals surface area contributed by atoms with E-state index in [-0.39, 0.29) is 24.1 Å². The molecule has 4 heteroatoms. The minimum Gasteiger partial charge on any atom is -0.508 e. The Labute approximate surface area is 101 Å². The van der Waals surface area contributed by atoms with Gasteiger partial charge in [-0.1, -0.05) is 26.0 Å². The number of phenols is 1. The number of likely N-dealkylation sites (N-methyl/N-ethyl adjacent to an activating group) is 1. The number of aliphatic hydroxyl groups is 1. The van der Waals surface area contributed by atoms with Crippen LogP contribution >= 0.6 is 0 Å². The summed E-state index contributed by atoms with van der Waals surface area (Å²) in [6.07, 6.45) is -0.733. The molecule has 1 aromatic carbocycles. The number of carbonyl (C=O) groups excluding carboxylic acids is 1. The Hall–Kier alpha value is -1.55. The number of carbonyl (C=O) groups is 1. The summed E-state index contributed by atoms with van der Waals surface area (Å²) in [6, 6.07) is 6.33. The number of hydrogen-bond acceptors (Lipinski definition) is 3. The standard InChI is InChI=1S/C13H19NO3/c1-9(2)13(17)14(3)8-12(16)10-4-6-11(15)7-5-10/h4-7,9,12,15-16H,8H2,1-3H3. The predicted molar refractivity (Wildman–Crippen MR) is 65.5 cm³/mol. The first-order chi connectivity index (χ1) is 7.91. The summed E-state index contributed by atoms with van der Waals surface area (Å²) in [7, 11) is 1.67. The molecule has 1 amide bonds. The highest BCUT2D eigenvalue weighted by Crippen LogP contribution is 2.17. The molecule has 2 N–H and O–H groups in total. The molecule has 1 atom stereocenters. The van der Waals surface area contributed by atoms with Crippen LogP contribution in [0.1, 0.15) is 25.5 Å². The molecule has 0 saturated heterocycles. The van der Waals surface area contributed by atoms with Crippen LogP contribution in [0.4, 0.5) is 0 Å². The molecule has 94 valence electrons. The molecule has 0 aliphatic heterocycles. The highest BCUT2D eigenvalue weighted by Gasteiger charge is 2.17. The van der Waals surface area contributed by atoms with Crippen LogP contribution in [-0.2, 0) is 4.79 Å². The van der Waals surface area contributed by atoms with Gasteiger partial charge >= 0.3 is 0 Å². The summed E-state index contributed by atoms with van der Waals surface area (Å²) in [4.78, 5) is 13.2. The summed E-state index contributed by atoms with van der Waals surface area (Å²) in [5.74, 6) is 0.0856. The lowest BCUT2D eigenvalue weighted by Gasteiger charge is -2.22. The molecular formula is C13H19NO3. The largest absolute Gasteiger partial charge is 0.508 e. The molecule has 1 aromatic rings. The number of aliphatic hydroxyl groups excluding tert-OH is 1. The van der Waals surface area contributed by atoms with Gasteiger partial charge in [-0.2, -0.15) is 0 Å². The van der Waals surface area contributed by atoms with E-state index >= 15 is 0 Å². The van der Waals surface area contributed by atoms with Crippen molar-refractivity contribution < 1.29 is 15.0 Å². The van der Waals surface area contributed by atoms with Crippen molar-refractivity contribution in [2.45, 2.75) is 20.0 Å². The molecule has 0 fully saturated rings. The van der Waals surface area contributed by atoms with Crippen molar-refractivity contribution >= 4 is 5.91 Å². The number of phenolic OH excluding ortho intramolecular Hbond substituents is 1. The summed E-state index contributed by atoms with van der Waals surface area (Å²) in [5, 5.41) is 19.1. The fourth-order valence-corrected chi connectivity index (χ4v) is 1.59. The Balaban J connectivity index is 2.63. The maximum Gasteiger partial charge on any atom is 0.224 e. The highest BCUT2D eigenvalue weighted by molar-refractivity contribution is 5.77. The third-order valence-corrected chi connectivity index (χ3v) is 2.59. The monoisotopic (exact) mass is 237 g/mol. The van der Waals surface area contributed by atoms with E-state index in [1.54, 1.807) is 19.2 Å². The van der Waals surface area contributed by atoms with Gasteiger partial charge in [-0.3, -0.25) is 4.79 Å². The van der Waals surface area contributed by atoms with E-state index in [1.165, 1.54) is 17.0 Å². The number of amides is 1. The van der Waals surface area contributed by atoms with Crippen LogP contribution in [0.5, 0.6) is 5.75 Å². The van der Waals surface area contributed by atoms with E-state index in [1.807, 2.05) is 13.8 Å². The fraction of sp³-hybridized carbons (Fsp3) is 0.462. The van der Waals surface area contributed by atoms with Gasteiger partial charge in [0.05, 0.1) is 12.6 Å². The van der Waals surface area contributed by atoms with Crippen LogP contribution in [0.15, 0.2) is 24.3 Å². The van der Waals surface area contributed by atoms with E-state index < -0.39 is 6.10 Å². The third kappa shape index (κ3) is 3.75. The topological polar surface area (TPSA) is 60.8 Å². The molecule has 1 rings (SSSR count). The van der Waals surface area contributed by atoms with Gasteiger partial charge in [0.25, 0.3) is 0 Å². The Bertz CT molecular complexity index is 373. The van der Waals surface area contributed by atoms with Gasteiger partial charge in [0, 0.05) is 13.0 Å². The van der Waals surface area contributed by atoms with Gasteiger partial charge in [-0.15, -0.1) is 0 Å². The first-order valence-electron chi connectivity index (χ1n) is 5.63. The second-order valence-corrected chi connectivity index (χ2v) is 4.48. The van der Waals surface area contributed by atoms with Gasteiger partial charge in [-0.25, -0.2) is 0 Å². The van der Waals surface area contributed by atoms with E-state index in [0.29, 0.717) is 5.56 Å². The van der Waals surface area contributed by atoms with Gasteiger partial charge in [0.15, 0.2) is 0 Å². The molecule has 0 spiro atoms. The first kappa shape index (κ1) is 13.5. The molecule has 0 bridgehead atoms. The van der Waals surface area contributed by atoms with Gasteiger partial charge < -0.3 is 15.1 Å². The van der Waals surface area contributed by atoms with Crippen LogP contribution in [0.25, 0.3) is 0 Å². The van der Waals surface area contributed by atoms with Crippen LogP contribution < -0.4 is 0 Å².